The predicted octanol–water partition coefficient (Wildman–Crippen LogP) is 2.85. The molecule has 1 fully saturated rings. The fourth-order valence-electron chi connectivity index (χ4n) is 2.12. The Kier molecular flexibility index (Phi) is 5.24. The van der Waals surface area contributed by atoms with Crippen LogP contribution in [0.1, 0.15) is 32.8 Å². The number of hydrogen-bond donors (Lipinski definition) is 1. The molecule has 2 heterocycles. The molecule has 1 aromatic heterocycles. The Morgan fingerprint density at radius 2 is 2.15 bits per heavy atom. The third-order valence-electron chi connectivity index (χ3n) is 3.22. The van der Waals surface area contributed by atoms with Gasteiger partial charge in [0.15, 0.2) is 0 Å². The number of anilines is 1. The molecule has 0 amide bonds. The quantitative estimate of drug-likeness (QED) is 0.931. The van der Waals surface area contributed by atoms with Crippen LogP contribution < -0.4 is 10.2 Å². The van der Waals surface area contributed by atoms with Crippen molar-refractivity contribution in [2.75, 3.05) is 31.2 Å². The van der Waals surface area contributed by atoms with Gasteiger partial charge < -0.3 is 15.0 Å². The number of pyridine rings is 1. The van der Waals surface area contributed by atoms with E-state index in [2.05, 4.69) is 36.0 Å². The van der Waals surface area contributed by atoms with E-state index in [9.17, 15) is 0 Å². The zero-order chi connectivity index (χ0) is 14.6. The van der Waals surface area contributed by atoms with Gasteiger partial charge in [0.05, 0.1) is 11.6 Å². The van der Waals surface area contributed by atoms with E-state index in [0.717, 1.165) is 55.7 Å². The van der Waals surface area contributed by atoms with Gasteiger partial charge in [-0.15, -0.1) is 0 Å². The van der Waals surface area contributed by atoms with Crippen molar-refractivity contribution in [3.05, 3.63) is 22.8 Å². The summed E-state index contributed by atoms with van der Waals surface area (Å²) in [7, 11) is 0. The van der Waals surface area contributed by atoms with Crippen LogP contribution >= 0.6 is 11.6 Å². The van der Waals surface area contributed by atoms with E-state index in [-0.39, 0.29) is 5.54 Å². The summed E-state index contributed by atoms with van der Waals surface area (Å²) in [6.45, 7) is 10.6. The summed E-state index contributed by atoms with van der Waals surface area (Å²) < 4.78 is 5.46. The van der Waals surface area contributed by atoms with Gasteiger partial charge in [-0.1, -0.05) is 11.6 Å². The van der Waals surface area contributed by atoms with Gasteiger partial charge in [-0.25, -0.2) is 4.98 Å². The Morgan fingerprint density at radius 1 is 1.35 bits per heavy atom. The first-order chi connectivity index (χ1) is 9.46. The second-order valence-corrected chi connectivity index (χ2v) is 6.61. The number of hydrogen-bond acceptors (Lipinski definition) is 4. The SMILES string of the molecule is CC(C)(C)NCc1cnc(N2CCCOCC2)c(Cl)c1. The van der Waals surface area contributed by atoms with Crippen molar-refractivity contribution in [2.24, 2.45) is 0 Å². The monoisotopic (exact) mass is 297 g/mol. The van der Waals surface area contributed by atoms with Crippen LogP contribution in [0.25, 0.3) is 0 Å². The van der Waals surface area contributed by atoms with Crippen molar-refractivity contribution >= 4 is 17.4 Å². The summed E-state index contributed by atoms with van der Waals surface area (Å²) in [5.74, 6) is 0.872. The third-order valence-corrected chi connectivity index (χ3v) is 3.50. The Morgan fingerprint density at radius 3 is 2.85 bits per heavy atom. The van der Waals surface area contributed by atoms with Crippen LogP contribution in [-0.4, -0.2) is 36.8 Å². The lowest BCUT2D eigenvalue weighted by Gasteiger charge is -2.23. The Hall–Kier alpha value is -0.840. The molecule has 0 spiro atoms. The highest BCUT2D eigenvalue weighted by Gasteiger charge is 2.15. The van der Waals surface area contributed by atoms with Crippen LogP contribution in [-0.2, 0) is 11.3 Å². The van der Waals surface area contributed by atoms with Gasteiger partial charge in [-0.2, -0.15) is 0 Å². The number of rotatable bonds is 3. The molecule has 1 saturated heterocycles. The van der Waals surface area contributed by atoms with E-state index in [1.807, 2.05) is 12.3 Å². The highest BCUT2D eigenvalue weighted by molar-refractivity contribution is 6.33. The normalized spacial score (nSPS) is 17.1. The zero-order valence-electron chi connectivity index (χ0n) is 12.6. The molecule has 0 bridgehead atoms. The summed E-state index contributed by atoms with van der Waals surface area (Å²) in [4.78, 5) is 6.75. The molecule has 1 aliphatic heterocycles. The lowest BCUT2D eigenvalue weighted by atomic mass is 10.1. The highest BCUT2D eigenvalue weighted by Crippen LogP contribution is 2.25. The van der Waals surface area contributed by atoms with Gasteiger partial charge >= 0.3 is 0 Å². The standard InChI is InChI=1S/C15H24ClN3O/c1-15(2,3)18-11-12-9-13(16)14(17-10-12)19-5-4-7-20-8-6-19/h9-10,18H,4-8,11H2,1-3H3. The van der Waals surface area contributed by atoms with Crippen molar-refractivity contribution in [3.63, 3.8) is 0 Å². The van der Waals surface area contributed by atoms with E-state index < -0.39 is 0 Å². The maximum absolute atomic E-state index is 6.39. The number of nitrogens with one attached hydrogen (secondary N) is 1. The topological polar surface area (TPSA) is 37.4 Å². The minimum atomic E-state index is 0.0905. The lowest BCUT2D eigenvalue weighted by molar-refractivity contribution is 0.152. The lowest BCUT2D eigenvalue weighted by Crippen LogP contribution is -2.35. The molecule has 1 aliphatic rings. The molecular formula is C15H24ClN3O. The van der Waals surface area contributed by atoms with Crippen molar-refractivity contribution in [1.29, 1.82) is 0 Å². The Labute approximate surface area is 126 Å². The first kappa shape index (κ1) is 15.5. The van der Waals surface area contributed by atoms with Gasteiger partial charge in [-0.3, -0.25) is 0 Å². The number of aromatic nitrogens is 1. The van der Waals surface area contributed by atoms with E-state index in [1.165, 1.54) is 0 Å². The number of halogens is 1. The molecule has 1 N–H and O–H groups in total. The van der Waals surface area contributed by atoms with Gasteiger partial charge in [0.1, 0.15) is 5.82 Å². The van der Waals surface area contributed by atoms with Gasteiger partial charge in [-0.05, 0) is 38.8 Å². The number of ether oxygens (including phenoxy) is 1. The minimum Gasteiger partial charge on any atom is -0.380 e. The maximum atomic E-state index is 6.39. The predicted molar refractivity (Wildman–Crippen MR) is 83.5 cm³/mol. The molecule has 1 aromatic rings. The van der Waals surface area contributed by atoms with E-state index in [1.54, 1.807) is 0 Å². The average molecular weight is 298 g/mol. The second-order valence-electron chi connectivity index (χ2n) is 6.21. The summed E-state index contributed by atoms with van der Waals surface area (Å²) in [5, 5.41) is 4.16. The molecule has 0 saturated carbocycles. The Balaban J connectivity index is 2.05. The molecule has 112 valence electrons. The van der Waals surface area contributed by atoms with Crippen LogP contribution in [0.5, 0.6) is 0 Å². The molecule has 0 aliphatic carbocycles. The van der Waals surface area contributed by atoms with Crippen LogP contribution in [0, 0.1) is 0 Å². The molecular weight excluding hydrogens is 274 g/mol. The smallest absolute Gasteiger partial charge is 0.147 e. The minimum absolute atomic E-state index is 0.0905. The van der Waals surface area contributed by atoms with E-state index in [0.29, 0.717) is 0 Å². The van der Waals surface area contributed by atoms with E-state index in [4.69, 9.17) is 16.3 Å². The van der Waals surface area contributed by atoms with Crippen LogP contribution in [0.3, 0.4) is 0 Å². The second kappa shape index (κ2) is 6.74. The van der Waals surface area contributed by atoms with Crippen LogP contribution in [0.4, 0.5) is 5.82 Å². The van der Waals surface area contributed by atoms with E-state index >= 15 is 0 Å². The molecule has 20 heavy (non-hydrogen) atoms. The van der Waals surface area contributed by atoms with Crippen molar-refractivity contribution in [3.8, 4) is 0 Å². The summed E-state index contributed by atoms with van der Waals surface area (Å²) in [6, 6.07) is 2.01. The van der Waals surface area contributed by atoms with Crippen molar-refractivity contribution in [2.45, 2.75) is 39.3 Å². The maximum Gasteiger partial charge on any atom is 0.147 e. The largest absolute Gasteiger partial charge is 0.380 e. The third kappa shape index (κ3) is 4.62. The molecule has 2 rings (SSSR count). The molecule has 0 unspecified atom stereocenters. The molecule has 0 aromatic carbocycles. The highest BCUT2D eigenvalue weighted by atomic mass is 35.5. The van der Waals surface area contributed by atoms with Crippen LogP contribution in [0.2, 0.25) is 5.02 Å². The number of nitrogens with zero attached hydrogens (tertiary/aromatic N) is 2. The first-order valence-corrected chi connectivity index (χ1v) is 7.56. The fraction of sp³-hybridized carbons (Fsp3) is 0.667. The molecule has 4 nitrogen and oxygen atoms in total. The van der Waals surface area contributed by atoms with Crippen molar-refractivity contribution < 1.29 is 4.74 Å². The first-order valence-electron chi connectivity index (χ1n) is 7.18. The summed E-state index contributed by atoms with van der Waals surface area (Å²) >= 11 is 6.39. The average Bonchev–Trinajstić information content (AvgIpc) is 2.64. The van der Waals surface area contributed by atoms with Crippen LogP contribution in [0.15, 0.2) is 12.3 Å². The molecule has 0 radical (unpaired) electrons. The van der Waals surface area contributed by atoms with Crippen molar-refractivity contribution in [1.82, 2.24) is 10.3 Å². The summed E-state index contributed by atoms with van der Waals surface area (Å²) in [6.07, 6.45) is 2.93. The van der Waals surface area contributed by atoms with Gasteiger partial charge in [0, 0.05) is 38.0 Å². The fourth-order valence-corrected chi connectivity index (χ4v) is 2.43. The summed E-state index contributed by atoms with van der Waals surface area (Å²) in [5.41, 5.74) is 1.20. The zero-order valence-corrected chi connectivity index (χ0v) is 13.3. The van der Waals surface area contributed by atoms with Gasteiger partial charge in [0.25, 0.3) is 0 Å². The molecule has 5 heteroatoms. The Bertz CT molecular complexity index is 437. The van der Waals surface area contributed by atoms with Gasteiger partial charge in [0.2, 0.25) is 0 Å². The molecule has 0 atom stereocenters.